The van der Waals surface area contributed by atoms with Gasteiger partial charge in [0.15, 0.2) is 0 Å². The van der Waals surface area contributed by atoms with E-state index < -0.39 is 5.91 Å². The van der Waals surface area contributed by atoms with Gasteiger partial charge in [-0.05, 0) is 60.6 Å². The molecule has 0 bridgehead atoms. The molecule has 0 unspecified atom stereocenters. The average molecular weight is 421 g/mol. The van der Waals surface area contributed by atoms with E-state index in [9.17, 15) is 9.59 Å². The van der Waals surface area contributed by atoms with Gasteiger partial charge in [-0.2, -0.15) is 0 Å². The van der Waals surface area contributed by atoms with Crippen molar-refractivity contribution in [2.75, 3.05) is 5.32 Å². The highest BCUT2D eigenvalue weighted by Crippen LogP contribution is 2.39. The molecule has 4 rings (SSSR count). The molecule has 1 aliphatic rings. The fourth-order valence-electron chi connectivity index (χ4n) is 3.72. The number of benzene rings is 2. The van der Waals surface area contributed by atoms with Crippen LogP contribution in [-0.4, -0.2) is 11.8 Å². The summed E-state index contributed by atoms with van der Waals surface area (Å²) in [5.41, 5.74) is 8.68. The third-order valence-electron chi connectivity index (χ3n) is 5.35. The number of rotatable bonds is 6. The van der Waals surface area contributed by atoms with Crippen LogP contribution in [0.25, 0.3) is 0 Å². The minimum Gasteiger partial charge on any atom is -0.489 e. The smallest absolute Gasteiger partial charge is 0.256 e. The summed E-state index contributed by atoms with van der Waals surface area (Å²) in [6.45, 7) is 2.67. The molecule has 0 radical (unpaired) electrons. The van der Waals surface area contributed by atoms with Crippen molar-refractivity contribution in [2.24, 2.45) is 11.7 Å². The highest BCUT2D eigenvalue weighted by molar-refractivity contribution is 7.17. The Morgan fingerprint density at radius 2 is 1.87 bits per heavy atom. The number of anilines is 1. The van der Waals surface area contributed by atoms with Crippen LogP contribution in [0.15, 0.2) is 54.6 Å². The zero-order chi connectivity index (χ0) is 21.1. The van der Waals surface area contributed by atoms with E-state index >= 15 is 0 Å². The lowest BCUT2D eigenvalue weighted by molar-refractivity contribution is 0.1000. The maximum Gasteiger partial charge on any atom is 0.256 e. The van der Waals surface area contributed by atoms with Crippen molar-refractivity contribution in [1.82, 2.24) is 0 Å². The van der Waals surface area contributed by atoms with Gasteiger partial charge in [-0.15, -0.1) is 11.3 Å². The number of fused-ring (bicyclic) bond motifs is 1. The number of nitrogens with two attached hydrogens (primary N) is 1. The molecule has 0 saturated carbocycles. The first-order valence-corrected chi connectivity index (χ1v) is 10.9. The molecule has 1 heterocycles. The minimum atomic E-state index is -0.484. The Balaban J connectivity index is 1.46. The number of primary amides is 1. The number of hydrogen-bond donors (Lipinski definition) is 2. The van der Waals surface area contributed by atoms with Crippen LogP contribution in [0.5, 0.6) is 5.75 Å². The van der Waals surface area contributed by atoms with Crippen molar-refractivity contribution in [3.8, 4) is 5.75 Å². The lowest BCUT2D eigenvalue weighted by Crippen LogP contribution is -2.19. The molecule has 0 aliphatic heterocycles. The van der Waals surface area contributed by atoms with Gasteiger partial charge in [-0.1, -0.05) is 37.3 Å². The highest BCUT2D eigenvalue weighted by atomic mass is 32.1. The molecule has 3 N–H and O–H groups in total. The van der Waals surface area contributed by atoms with Gasteiger partial charge < -0.3 is 15.8 Å². The van der Waals surface area contributed by atoms with Crippen LogP contribution in [0.3, 0.4) is 0 Å². The van der Waals surface area contributed by atoms with E-state index in [-0.39, 0.29) is 5.91 Å². The van der Waals surface area contributed by atoms with E-state index in [4.69, 9.17) is 10.5 Å². The summed E-state index contributed by atoms with van der Waals surface area (Å²) in [5, 5.41) is 3.45. The lowest BCUT2D eigenvalue weighted by atomic mass is 9.88. The van der Waals surface area contributed by atoms with Gasteiger partial charge in [0, 0.05) is 10.4 Å². The first-order valence-electron chi connectivity index (χ1n) is 10.0. The molecule has 2 aromatic carbocycles. The van der Waals surface area contributed by atoms with E-state index in [0.717, 1.165) is 35.3 Å². The second kappa shape index (κ2) is 8.71. The molecule has 1 aromatic heterocycles. The van der Waals surface area contributed by atoms with Gasteiger partial charge in [0.25, 0.3) is 11.8 Å². The summed E-state index contributed by atoms with van der Waals surface area (Å²) in [6.07, 6.45) is 2.78. The van der Waals surface area contributed by atoms with E-state index in [0.29, 0.717) is 34.4 Å². The number of carbonyl (C=O) groups is 2. The fourth-order valence-corrected chi connectivity index (χ4v) is 5.13. The Kier molecular flexibility index (Phi) is 5.86. The predicted octanol–water partition coefficient (Wildman–Crippen LogP) is 4.80. The Morgan fingerprint density at radius 3 is 2.57 bits per heavy atom. The predicted molar refractivity (Wildman–Crippen MR) is 119 cm³/mol. The summed E-state index contributed by atoms with van der Waals surface area (Å²) in [4.78, 5) is 26.0. The third kappa shape index (κ3) is 4.39. The van der Waals surface area contributed by atoms with E-state index in [1.165, 1.54) is 11.3 Å². The first-order chi connectivity index (χ1) is 14.5. The number of thiophene rings is 1. The van der Waals surface area contributed by atoms with Crippen molar-refractivity contribution in [2.45, 2.75) is 32.8 Å². The van der Waals surface area contributed by atoms with Gasteiger partial charge >= 0.3 is 0 Å². The van der Waals surface area contributed by atoms with Crippen molar-refractivity contribution in [3.63, 3.8) is 0 Å². The standard InChI is InChI=1S/C24H24N2O3S/c1-15-7-12-19-20(13-15)30-24(21(19)22(25)27)26-23(28)17-8-10-18(11-9-17)29-14-16-5-3-2-4-6-16/h2-6,8-11,15H,7,12-14H2,1H3,(H2,25,27)(H,26,28)/t15-/m0/s1. The van der Waals surface area contributed by atoms with E-state index in [2.05, 4.69) is 12.2 Å². The van der Waals surface area contributed by atoms with Crippen molar-refractivity contribution in [1.29, 1.82) is 0 Å². The number of carbonyl (C=O) groups excluding carboxylic acids is 2. The Bertz CT molecular complexity index is 1060. The maximum absolute atomic E-state index is 12.8. The second-order valence-electron chi connectivity index (χ2n) is 7.67. The fraction of sp³-hybridized carbons (Fsp3) is 0.250. The largest absolute Gasteiger partial charge is 0.489 e. The molecule has 154 valence electrons. The summed E-state index contributed by atoms with van der Waals surface area (Å²) >= 11 is 1.47. The Morgan fingerprint density at radius 1 is 1.13 bits per heavy atom. The lowest BCUT2D eigenvalue weighted by Gasteiger charge is -2.18. The van der Waals surface area contributed by atoms with Gasteiger partial charge in [0.05, 0.1) is 5.56 Å². The van der Waals surface area contributed by atoms with Gasteiger partial charge in [0.2, 0.25) is 0 Å². The zero-order valence-corrected chi connectivity index (χ0v) is 17.6. The SMILES string of the molecule is C[C@H]1CCc2c(sc(NC(=O)c3ccc(OCc4ccccc4)cc3)c2C(N)=O)C1. The normalized spacial score (nSPS) is 15.3. The highest BCUT2D eigenvalue weighted by Gasteiger charge is 2.27. The second-order valence-corrected chi connectivity index (χ2v) is 8.78. The monoisotopic (exact) mass is 420 g/mol. The molecular weight excluding hydrogens is 396 g/mol. The molecule has 1 atom stereocenters. The summed E-state index contributed by atoms with van der Waals surface area (Å²) in [6, 6.07) is 16.9. The molecule has 2 amide bonds. The molecule has 0 saturated heterocycles. The number of amides is 2. The minimum absolute atomic E-state index is 0.265. The molecule has 5 nitrogen and oxygen atoms in total. The third-order valence-corrected chi connectivity index (χ3v) is 6.52. The van der Waals surface area contributed by atoms with Gasteiger partial charge in [-0.3, -0.25) is 9.59 Å². The Hall–Kier alpha value is -3.12. The topological polar surface area (TPSA) is 81.4 Å². The van der Waals surface area contributed by atoms with Crippen LogP contribution in [0.2, 0.25) is 0 Å². The van der Waals surface area contributed by atoms with Crippen LogP contribution < -0.4 is 15.8 Å². The Labute approximate surface area is 179 Å². The molecule has 0 spiro atoms. The van der Waals surface area contributed by atoms with E-state index in [1.807, 2.05) is 30.3 Å². The molecule has 3 aromatic rings. The summed E-state index contributed by atoms with van der Waals surface area (Å²) in [7, 11) is 0. The van der Waals surface area contributed by atoms with E-state index in [1.54, 1.807) is 24.3 Å². The van der Waals surface area contributed by atoms with Crippen molar-refractivity contribution < 1.29 is 14.3 Å². The van der Waals surface area contributed by atoms with Crippen molar-refractivity contribution >= 4 is 28.2 Å². The van der Waals surface area contributed by atoms with Gasteiger partial charge in [-0.25, -0.2) is 0 Å². The van der Waals surface area contributed by atoms with Crippen LogP contribution in [0, 0.1) is 5.92 Å². The molecule has 1 aliphatic carbocycles. The van der Waals surface area contributed by atoms with Crippen LogP contribution >= 0.6 is 11.3 Å². The summed E-state index contributed by atoms with van der Waals surface area (Å²) in [5.74, 6) is 0.512. The molecule has 30 heavy (non-hydrogen) atoms. The quantitative estimate of drug-likeness (QED) is 0.601. The maximum atomic E-state index is 12.8. The zero-order valence-electron chi connectivity index (χ0n) is 16.8. The van der Waals surface area contributed by atoms with Crippen LogP contribution in [0.1, 0.15) is 50.1 Å². The number of ether oxygens (including phenoxy) is 1. The van der Waals surface area contributed by atoms with Crippen molar-refractivity contribution in [3.05, 3.63) is 81.7 Å². The number of nitrogens with one attached hydrogen (secondary N) is 1. The van der Waals surface area contributed by atoms with Crippen LogP contribution in [-0.2, 0) is 19.4 Å². The average Bonchev–Trinajstić information content (AvgIpc) is 3.10. The number of hydrogen-bond acceptors (Lipinski definition) is 4. The molecular formula is C24H24N2O3S. The first kappa shape index (κ1) is 20.2. The summed E-state index contributed by atoms with van der Waals surface area (Å²) < 4.78 is 5.77. The molecule has 6 heteroatoms. The molecule has 0 fully saturated rings. The van der Waals surface area contributed by atoms with Gasteiger partial charge in [0.1, 0.15) is 17.4 Å². The van der Waals surface area contributed by atoms with Crippen LogP contribution in [0.4, 0.5) is 5.00 Å².